The molecule has 176 valence electrons. The Balaban J connectivity index is 1.56. The molecule has 4 aromatic rings. The number of fused-ring (bicyclic) bond motifs is 4. The first kappa shape index (κ1) is 21.9. The molecule has 0 amide bonds. The van der Waals surface area contributed by atoms with Gasteiger partial charge in [-0.05, 0) is 13.8 Å². The van der Waals surface area contributed by atoms with Crippen LogP contribution < -0.4 is 10.7 Å². The SMILES string of the molecule is Cn1c(-c2ccccc2)nc2c1=C1N=C(c3ccccc3)SC1(C)C1(C)SC(c3ccccc3)=NC=21. The van der Waals surface area contributed by atoms with Crippen LogP contribution in [0.15, 0.2) is 101 Å². The fourth-order valence-corrected chi connectivity index (χ4v) is 8.20. The maximum absolute atomic E-state index is 5.32. The summed E-state index contributed by atoms with van der Waals surface area (Å²) in [6, 6.07) is 31.4. The number of imidazole rings is 1. The number of hydrogen-bond donors (Lipinski definition) is 0. The molecule has 2 unspecified atom stereocenters. The molecular formula is C30H24N4S2. The quantitative estimate of drug-likeness (QED) is 0.384. The highest BCUT2D eigenvalue weighted by molar-refractivity contribution is 8.20. The van der Waals surface area contributed by atoms with Gasteiger partial charge in [-0.2, -0.15) is 0 Å². The van der Waals surface area contributed by atoms with E-state index in [0.717, 1.165) is 54.7 Å². The fraction of sp³-hybridized carbons (Fsp3) is 0.167. The molecular weight excluding hydrogens is 480 g/mol. The second kappa shape index (κ2) is 7.82. The second-order valence-electron chi connectivity index (χ2n) is 9.59. The number of benzene rings is 3. The van der Waals surface area contributed by atoms with Crippen LogP contribution in [-0.4, -0.2) is 29.1 Å². The summed E-state index contributed by atoms with van der Waals surface area (Å²) in [5.74, 6) is 0.939. The van der Waals surface area contributed by atoms with Crippen LogP contribution in [-0.2, 0) is 7.05 Å². The van der Waals surface area contributed by atoms with Gasteiger partial charge in [-0.1, -0.05) is 115 Å². The smallest absolute Gasteiger partial charge is 0.140 e. The van der Waals surface area contributed by atoms with E-state index < -0.39 is 0 Å². The summed E-state index contributed by atoms with van der Waals surface area (Å²) in [6.45, 7) is 4.66. The number of aliphatic imine (C=N–C) groups is 2. The van der Waals surface area contributed by atoms with Gasteiger partial charge in [-0.25, -0.2) is 15.0 Å². The van der Waals surface area contributed by atoms with Crippen molar-refractivity contribution in [3.63, 3.8) is 0 Å². The molecule has 36 heavy (non-hydrogen) atoms. The largest absolute Gasteiger partial charge is 0.326 e. The first-order valence-electron chi connectivity index (χ1n) is 12.0. The monoisotopic (exact) mass is 504 g/mol. The van der Waals surface area contributed by atoms with Crippen LogP contribution in [0.3, 0.4) is 0 Å². The van der Waals surface area contributed by atoms with Crippen LogP contribution in [0.1, 0.15) is 25.0 Å². The molecule has 0 saturated carbocycles. The van der Waals surface area contributed by atoms with E-state index in [1.165, 1.54) is 0 Å². The number of hydrogen-bond acceptors (Lipinski definition) is 5. The van der Waals surface area contributed by atoms with E-state index in [0.29, 0.717) is 0 Å². The molecule has 0 N–H and O–H groups in total. The normalized spacial score (nSPS) is 24.2. The minimum Gasteiger partial charge on any atom is -0.326 e. The average molecular weight is 505 g/mol. The third-order valence-corrected chi connectivity index (χ3v) is 10.6. The Morgan fingerprint density at radius 3 is 1.58 bits per heavy atom. The first-order valence-corrected chi connectivity index (χ1v) is 13.7. The van der Waals surface area contributed by atoms with Gasteiger partial charge in [0, 0.05) is 23.7 Å². The Labute approximate surface area is 218 Å². The van der Waals surface area contributed by atoms with Crippen molar-refractivity contribution in [1.29, 1.82) is 0 Å². The van der Waals surface area contributed by atoms with Gasteiger partial charge in [-0.3, -0.25) is 0 Å². The highest BCUT2D eigenvalue weighted by Crippen LogP contribution is 2.61. The van der Waals surface area contributed by atoms with E-state index in [9.17, 15) is 0 Å². The highest BCUT2D eigenvalue weighted by atomic mass is 32.2. The lowest BCUT2D eigenvalue weighted by Gasteiger charge is -2.41. The zero-order valence-corrected chi connectivity index (χ0v) is 21.9. The number of aromatic nitrogens is 2. The summed E-state index contributed by atoms with van der Waals surface area (Å²) in [5.41, 5.74) is 5.51. The molecule has 3 aromatic carbocycles. The predicted octanol–water partition coefficient (Wildman–Crippen LogP) is 5.22. The van der Waals surface area contributed by atoms with E-state index in [-0.39, 0.29) is 9.49 Å². The first-order chi connectivity index (χ1) is 17.5. The molecule has 0 bridgehead atoms. The van der Waals surface area contributed by atoms with E-state index in [1.54, 1.807) is 0 Å². The third-order valence-electron chi connectivity index (χ3n) is 7.46. The molecule has 0 saturated heterocycles. The van der Waals surface area contributed by atoms with Gasteiger partial charge in [0.15, 0.2) is 0 Å². The summed E-state index contributed by atoms with van der Waals surface area (Å²) in [6.07, 6.45) is 0. The molecule has 0 radical (unpaired) electrons. The number of nitrogens with zero attached hydrogens (tertiary/aromatic N) is 4. The van der Waals surface area contributed by atoms with Crippen molar-refractivity contribution in [2.45, 2.75) is 23.3 Å². The second-order valence-corrected chi connectivity index (χ2v) is 12.4. The van der Waals surface area contributed by atoms with Gasteiger partial charge in [0.1, 0.15) is 21.3 Å². The molecule has 2 atom stereocenters. The van der Waals surface area contributed by atoms with E-state index in [2.05, 4.69) is 110 Å². The lowest BCUT2D eigenvalue weighted by molar-refractivity contribution is 0.662. The number of rotatable bonds is 3. The van der Waals surface area contributed by atoms with E-state index in [1.807, 2.05) is 29.6 Å². The van der Waals surface area contributed by atoms with Crippen LogP contribution >= 0.6 is 23.5 Å². The zero-order valence-electron chi connectivity index (χ0n) is 20.3. The maximum Gasteiger partial charge on any atom is 0.140 e. The Hall–Kier alpha value is -3.35. The Morgan fingerprint density at radius 1 is 0.611 bits per heavy atom. The van der Waals surface area contributed by atoms with E-state index >= 15 is 0 Å². The van der Waals surface area contributed by atoms with Gasteiger partial charge < -0.3 is 4.57 Å². The van der Waals surface area contributed by atoms with Crippen LogP contribution in [0.4, 0.5) is 0 Å². The molecule has 2 aliphatic heterocycles. The highest BCUT2D eigenvalue weighted by Gasteiger charge is 2.60. The van der Waals surface area contributed by atoms with Crippen molar-refractivity contribution < 1.29 is 0 Å². The minimum absolute atomic E-state index is 0.313. The van der Waals surface area contributed by atoms with Gasteiger partial charge in [0.25, 0.3) is 0 Å². The molecule has 3 heterocycles. The lowest BCUT2D eigenvalue weighted by atomic mass is 9.84. The molecule has 1 aromatic heterocycles. The van der Waals surface area contributed by atoms with Crippen molar-refractivity contribution in [2.24, 2.45) is 17.0 Å². The van der Waals surface area contributed by atoms with Crippen LogP contribution in [0.5, 0.6) is 0 Å². The van der Waals surface area contributed by atoms with Crippen molar-refractivity contribution in [2.75, 3.05) is 0 Å². The molecule has 1 aliphatic carbocycles. The maximum atomic E-state index is 5.32. The van der Waals surface area contributed by atoms with Crippen LogP contribution in [0.2, 0.25) is 0 Å². The molecule has 4 nitrogen and oxygen atoms in total. The summed E-state index contributed by atoms with van der Waals surface area (Å²) in [7, 11) is 2.11. The van der Waals surface area contributed by atoms with Gasteiger partial charge in [0.2, 0.25) is 0 Å². The Bertz CT molecular complexity index is 1710. The Kier molecular flexibility index (Phi) is 4.76. The molecule has 6 heteroatoms. The van der Waals surface area contributed by atoms with Gasteiger partial charge in [0.05, 0.1) is 26.2 Å². The molecule has 0 fully saturated rings. The topological polar surface area (TPSA) is 42.5 Å². The van der Waals surface area contributed by atoms with Crippen molar-refractivity contribution in [3.8, 4) is 11.4 Å². The van der Waals surface area contributed by atoms with Crippen molar-refractivity contribution in [1.82, 2.24) is 9.55 Å². The van der Waals surface area contributed by atoms with E-state index in [4.69, 9.17) is 15.0 Å². The summed E-state index contributed by atoms with van der Waals surface area (Å²) in [5, 5.41) is 4.12. The predicted molar refractivity (Wildman–Crippen MR) is 153 cm³/mol. The molecule has 0 spiro atoms. The summed E-state index contributed by atoms with van der Waals surface area (Å²) >= 11 is 3.70. The van der Waals surface area contributed by atoms with Crippen LogP contribution in [0.25, 0.3) is 22.8 Å². The van der Waals surface area contributed by atoms with Gasteiger partial charge in [-0.15, -0.1) is 0 Å². The summed E-state index contributed by atoms with van der Waals surface area (Å²) in [4.78, 5) is 15.8. The number of thioether (sulfide) groups is 2. The molecule has 7 rings (SSSR count). The van der Waals surface area contributed by atoms with Crippen molar-refractivity contribution in [3.05, 3.63) is 113 Å². The lowest BCUT2D eigenvalue weighted by Crippen LogP contribution is -2.54. The standard InChI is InChI=1S/C30H24N4S2/c1-29-24(32-27(35-29)20-15-9-5-10-16-20)22-23(34(3)26(31-22)19-13-7-4-8-14-19)25-30(29,2)36-28(33-25)21-17-11-6-12-18-21/h4-18H,1-3H3. The molecule has 3 aliphatic rings. The van der Waals surface area contributed by atoms with Gasteiger partial charge >= 0.3 is 0 Å². The summed E-state index contributed by atoms with van der Waals surface area (Å²) < 4.78 is 1.57. The zero-order chi connectivity index (χ0) is 24.5. The fourth-order valence-electron chi connectivity index (χ4n) is 5.34. The average Bonchev–Trinajstić information content (AvgIpc) is 3.58. The Morgan fingerprint density at radius 2 is 1.06 bits per heavy atom. The van der Waals surface area contributed by atoms with Crippen LogP contribution in [0, 0.1) is 0 Å². The minimum atomic E-state index is -0.326. The third kappa shape index (κ3) is 2.95. The van der Waals surface area contributed by atoms with Crippen molar-refractivity contribution >= 4 is 45.0 Å².